The van der Waals surface area contributed by atoms with Crippen molar-refractivity contribution in [2.24, 2.45) is 0 Å². The number of nitrogens with zero attached hydrogens (tertiary/aromatic N) is 3. The minimum absolute atomic E-state index is 0.184. The molecule has 1 unspecified atom stereocenters. The van der Waals surface area contributed by atoms with Crippen molar-refractivity contribution < 1.29 is 19.2 Å². The first-order valence-corrected chi connectivity index (χ1v) is 8.79. The van der Waals surface area contributed by atoms with Gasteiger partial charge in [-0.2, -0.15) is 0 Å². The van der Waals surface area contributed by atoms with Crippen LogP contribution in [0.2, 0.25) is 0 Å². The van der Waals surface area contributed by atoms with Gasteiger partial charge in [0.2, 0.25) is 0 Å². The number of rotatable bonds is 4. The highest BCUT2D eigenvalue weighted by Crippen LogP contribution is 2.18. The van der Waals surface area contributed by atoms with Crippen molar-refractivity contribution in [2.75, 3.05) is 33.8 Å². The first-order valence-electron chi connectivity index (χ1n) is 8.79. The van der Waals surface area contributed by atoms with Crippen molar-refractivity contribution in [3.63, 3.8) is 0 Å². The molecule has 7 nitrogen and oxygen atoms in total. The van der Waals surface area contributed by atoms with E-state index in [9.17, 15) is 9.59 Å². The van der Waals surface area contributed by atoms with Crippen molar-refractivity contribution in [3.8, 4) is 0 Å². The Labute approximate surface area is 155 Å². The Morgan fingerprint density at radius 1 is 1.19 bits per heavy atom. The molecular formula is C19H29N3O4. The smallest absolute Gasteiger partial charge is 0.410 e. The molecule has 1 aliphatic rings. The van der Waals surface area contributed by atoms with Gasteiger partial charge in [0.05, 0.1) is 7.11 Å². The highest BCUT2D eigenvalue weighted by Gasteiger charge is 2.37. The topological polar surface area (TPSA) is 62.3 Å². The molecule has 144 valence electrons. The zero-order valence-electron chi connectivity index (χ0n) is 16.3. The summed E-state index contributed by atoms with van der Waals surface area (Å²) < 4.78 is 5.46. The van der Waals surface area contributed by atoms with Crippen LogP contribution in [0.25, 0.3) is 0 Å². The quantitative estimate of drug-likeness (QED) is 0.767. The fourth-order valence-electron chi connectivity index (χ4n) is 2.85. The maximum Gasteiger partial charge on any atom is 0.410 e. The first-order chi connectivity index (χ1) is 12.2. The lowest BCUT2D eigenvalue weighted by Crippen LogP contribution is -2.60. The predicted octanol–water partition coefficient (Wildman–Crippen LogP) is 2.13. The van der Waals surface area contributed by atoms with Gasteiger partial charge in [0.25, 0.3) is 5.91 Å². The highest BCUT2D eigenvalue weighted by molar-refractivity contribution is 5.82. The Morgan fingerprint density at radius 2 is 1.85 bits per heavy atom. The van der Waals surface area contributed by atoms with Crippen molar-refractivity contribution in [1.82, 2.24) is 14.9 Å². The minimum Gasteiger partial charge on any atom is -0.444 e. The number of hydroxylamine groups is 2. The molecule has 1 fully saturated rings. The summed E-state index contributed by atoms with van der Waals surface area (Å²) in [5.41, 5.74) is 0.553. The van der Waals surface area contributed by atoms with Crippen LogP contribution in [-0.4, -0.2) is 72.3 Å². The van der Waals surface area contributed by atoms with E-state index in [-0.39, 0.29) is 12.5 Å². The molecule has 0 radical (unpaired) electrons. The van der Waals surface area contributed by atoms with Gasteiger partial charge in [-0.05, 0) is 26.3 Å². The molecule has 0 aliphatic carbocycles. The molecule has 2 amide bonds. The number of hydrogen-bond donors (Lipinski definition) is 0. The minimum atomic E-state index is -0.568. The van der Waals surface area contributed by atoms with Crippen LogP contribution in [0, 0.1) is 0 Å². The zero-order chi connectivity index (χ0) is 19.3. The molecule has 1 aliphatic heterocycles. The number of benzene rings is 1. The second-order valence-electron chi connectivity index (χ2n) is 7.42. The number of ether oxygens (including phenoxy) is 1. The van der Waals surface area contributed by atoms with E-state index in [2.05, 4.69) is 4.90 Å². The summed E-state index contributed by atoms with van der Waals surface area (Å²) in [5, 5.41) is 1.21. The number of hydrogen-bond acceptors (Lipinski definition) is 5. The lowest BCUT2D eigenvalue weighted by molar-refractivity contribution is -0.176. The molecule has 0 bridgehead atoms. The summed E-state index contributed by atoms with van der Waals surface area (Å²) in [6.45, 7) is 7.50. The lowest BCUT2D eigenvalue weighted by atomic mass is 10.1. The second kappa shape index (κ2) is 8.51. The van der Waals surface area contributed by atoms with Crippen molar-refractivity contribution >= 4 is 12.0 Å². The lowest BCUT2D eigenvalue weighted by Gasteiger charge is -2.41. The van der Waals surface area contributed by atoms with Crippen LogP contribution < -0.4 is 0 Å². The molecular weight excluding hydrogens is 334 g/mol. The van der Waals surface area contributed by atoms with Crippen molar-refractivity contribution in [3.05, 3.63) is 35.9 Å². The van der Waals surface area contributed by atoms with Crippen LogP contribution in [0.5, 0.6) is 0 Å². The maximum atomic E-state index is 12.8. The van der Waals surface area contributed by atoms with E-state index in [4.69, 9.17) is 9.57 Å². The van der Waals surface area contributed by atoms with Gasteiger partial charge in [-0.25, -0.2) is 9.86 Å². The van der Waals surface area contributed by atoms with E-state index in [1.165, 1.54) is 12.2 Å². The third-order valence-corrected chi connectivity index (χ3v) is 4.24. The summed E-state index contributed by atoms with van der Waals surface area (Å²) in [6.07, 6.45) is -0.394. The third kappa shape index (κ3) is 5.44. The van der Waals surface area contributed by atoms with Gasteiger partial charge in [0.15, 0.2) is 0 Å². The van der Waals surface area contributed by atoms with Crippen LogP contribution in [0.4, 0.5) is 4.79 Å². The molecule has 7 heteroatoms. The number of carbonyl (C=O) groups is 2. The van der Waals surface area contributed by atoms with Crippen LogP contribution in [-0.2, 0) is 20.9 Å². The molecule has 26 heavy (non-hydrogen) atoms. The number of amides is 2. The number of carbonyl (C=O) groups excluding carboxylic acids is 2. The molecule has 1 heterocycles. The second-order valence-corrected chi connectivity index (χ2v) is 7.42. The molecule has 1 aromatic carbocycles. The largest absolute Gasteiger partial charge is 0.444 e. The van der Waals surface area contributed by atoms with Gasteiger partial charge in [0, 0.05) is 33.2 Å². The Morgan fingerprint density at radius 3 is 2.42 bits per heavy atom. The van der Waals surface area contributed by atoms with Gasteiger partial charge >= 0.3 is 6.09 Å². The Bertz CT molecular complexity index is 615. The fourth-order valence-corrected chi connectivity index (χ4v) is 2.85. The number of likely N-dealkylation sites (N-methyl/N-ethyl adjacent to an activating group) is 1. The molecule has 2 rings (SSSR count). The van der Waals surface area contributed by atoms with E-state index in [0.29, 0.717) is 19.6 Å². The average Bonchev–Trinajstić information content (AvgIpc) is 2.60. The first kappa shape index (κ1) is 20.2. The molecule has 0 spiro atoms. The van der Waals surface area contributed by atoms with Crippen LogP contribution in [0.1, 0.15) is 26.3 Å². The SMILES string of the molecule is CON(C)C(=O)C1CN(C(=O)OC(C)(C)C)CCN1Cc1ccccc1. The highest BCUT2D eigenvalue weighted by atomic mass is 16.7. The Balaban J connectivity index is 2.14. The number of piperazine rings is 1. The normalized spacial score (nSPS) is 18.5. The monoisotopic (exact) mass is 363 g/mol. The Hall–Kier alpha value is -2.12. The average molecular weight is 363 g/mol. The van der Waals surface area contributed by atoms with Gasteiger partial charge in [-0.1, -0.05) is 30.3 Å². The van der Waals surface area contributed by atoms with E-state index < -0.39 is 17.7 Å². The van der Waals surface area contributed by atoms with Crippen LogP contribution in [0.15, 0.2) is 30.3 Å². The summed E-state index contributed by atoms with van der Waals surface area (Å²) in [4.78, 5) is 33.9. The van der Waals surface area contributed by atoms with Crippen LogP contribution in [0.3, 0.4) is 0 Å². The Kier molecular flexibility index (Phi) is 6.61. The predicted molar refractivity (Wildman–Crippen MR) is 98.2 cm³/mol. The summed E-state index contributed by atoms with van der Waals surface area (Å²) in [5.74, 6) is -0.184. The van der Waals surface area contributed by atoms with Crippen molar-refractivity contribution in [1.29, 1.82) is 0 Å². The summed E-state index contributed by atoms with van der Waals surface area (Å²) >= 11 is 0. The van der Waals surface area contributed by atoms with Gasteiger partial charge in [-0.3, -0.25) is 14.5 Å². The fraction of sp³-hybridized carbons (Fsp3) is 0.579. The molecule has 0 aromatic heterocycles. The van der Waals surface area contributed by atoms with Gasteiger partial charge in [-0.15, -0.1) is 0 Å². The summed E-state index contributed by atoms with van der Waals surface area (Å²) in [7, 11) is 3.03. The van der Waals surface area contributed by atoms with Gasteiger partial charge in [0.1, 0.15) is 11.6 Å². The molecule has 1 aromatic rings. The zero-order valence-corrected chi connectivity index (χ0v) is 16.3. The molecule has 1 atom stereocenters. The molecule has 0 N–H and O–H groups in total. The molecule has 0 saturated carbocycles. The van der Waals surface area contributed by atoms with Crippen molar-refractivity contribution in [2.45, 2.75) is 39.0 Å². The third-order valence-electron chi connectivity index (χ3n) is 4.24. The van der Waals surface area contributed by atoms with Crippen LogP contribution >= 0.6 is 0 Å². The van der Waals surface area contributed by atoms with E-state index in [1.54, 1.807) is 11.9 Å². The van der Waals surface area contributed by atoms with E-state index in [1.807, 2.05) is 51.1 Å². The van der Waals surface area contributed by atoms with Gasteiger partial charge < -0.3 is 9.64 Å². The summed E-state index contributed by atoms with van der Waals surface area (Å²) in [6, 6.07) is 9.49. The molecule has 1 saturated heterocycles. The standard InChI is InChI=1S/C19H29N3O4/c1-19(2,3)26-18(24)22-12-11-21(13-15-9-7-6-8-10-15)16(14-22)17(23)20(4)25-5/h6-10,16H,11-14H2,1-5H3. The van der Waals surface area contributed by atoms with E-state index in [0.717, 1.165) is 5.56 Å². The van der Waals surface area contributed by atoms with E-state index >= 15 is 0 Å². The maximum absolute atomic E-state index is 12.8.